The molecule has 1 aromatic rings. The molecule has 0 bridgehead atoms. The van der Waals surface area contributed by atoms with Crippen LogP contribution in [0.4, 0.5) is 0 Å². The van der Waals surface area contributed by atoms with Crippen LogP contribution in [-0.2, 0) is 11.3 Å². The molecule has 94 valence electrons. The second-order valence-electron chi connectivity index (χ2n) is 3.85. The van der Waals surface area contributed by atoms with E-state index < -0.39 is 0 Å². The van der Waals surface area contributed by atoms with Gasteiger partial charge < -0.3 is 10.6 Å². The van der Waals surface area contributed by atoms with Gasteiger partial charge in [0.05, 0.1) is 10.9 Å². The molecule has 1 amide bonds. The van der Waals surface area contributed by atoms with Gasteiger partial charge >= 0.3 is 0 Å². The quantitative estimate of drug-likeness (QED) is 0.809. The lowest BCUT2D eigenvalue weighted by Crippen LogP contribution is -2.37. The van der Waals surface area contributed by atoms with Crippen LogP contribution in [0, 0.1) is 5.92 Å². The van der Waals surface area contributed by atoms with Crippen molar-refractivity contribution in [3.63, 3.8) is 0 Å². The smallest absolute Gasteiger partial charge is 0.227 e. The molecule has 0 saturated heterocycles. The molecule has 2 N–H and O–H groups in total. The summed E-state index contributed by atoms with van der Waals surface area (Å²) in [4.78, 5) is 14.9. The predicted molar refractivity (Wildman–Crippen MR) is 73.2 cm³/mol. The van der Waals surface area contributed by atoms with Gasteiger partial charge in [-0.05, 0) is 12.1 Å². The fraction of sp³-hybridized carbons (Fsp3) is 0.417. The van der Waals surface area contributed by atoms with Crippen molar-refractivity contribution in [2.24, 2.45) is 11.7 Å². The lowest BCUT2D eigenvalue weighted by atomic mass is 10.1. The number of hydrogen-bond acceptors (Lipinski definition) is 3. The van der Waals surface area contributed by atoms with Crippen LogP contribution in [0.25, 0.3) is 0 Å². The van der Waals surface area contributed by atoms with E-state index in [0.29, 0.717) is 19.6 Å². The first-order chi connectivity index (χ1) is 8.08. The minimum Gasteiger partial charge on any atom is -0.334 e. The first-order valence-electron chi connectivity index (χ1n) is 5.42. The largest absolute Gasteiger partial charge is 0.334 e. The first-order valence-corrected chi connectivity index (χ1v) is 6.62. The maximum absolute atomic E-state index is 12.0. The molecule has 1 aromatic heterocycles. The van der Waals surface area contributed by atoms with Crippen molar-refractivity contribution in [1.82, 2.24) is 4.90 Å². The van der Waals surface area contributed by atoms with E-state index in [2.05, 4.69) is 6.58 Å². The maximum atomic E-state index is 12.0. The summed E-state index contributed by atoms with van der Waals surface area (Å²) in [6.07, 6.45) is 1.72. The van der Waals surface area contributed by atoms with Gasteiger partial charge in [0.15, 0.2) is 0 Å². The summed E-state index contributed by atoms with van der Waals surface area (Å²) in [7, 11) is 0. The summed E-state index contributed by atoms with van der Waals surface area (Å²) in [5, 5.41) is 0. The van der Waals surface area contributed by atoms with E-state index >= 15 is 0 Å². The fourth-order valence-electron chi connectivity index (χ4n) is 1.43. The molecule has 0 aliphatic heterocycles. The van der Waals surface area contributed by atoms with Crippen LogP contribution in [0.5, 0.6) is 0 Å². The lowest BCUT2D eigenvalue weighted by Gasteiger charge is -2.23. The first kappa shape index (κ1) is 14.2. The van der Waals surface area contributed by atoms with E-state index in [-0.39, 0.29) is 11.8 Å². The molecule has 0 saturated carbocycles. The fourth-order valence-corrected chi connectivity index (χ4v) is 2.53. The summed E-state index contributed by atoms with van der Waals surface area (Å²) in [6.45, 7) is 6.95. The van der Waals surface area contributed by atoms with Crippen LogP contribution in [0.3, 0.4) is 0 Å². The van der Waals surface area contributed by atoms with Gasteiger partial charge in [0.25, 0.3) is 0 Å². The van der Waals surface area contributed by atoms with Crippen molar-refractivity contribution in [3.05, 3.63) is 34.0 Å². The van der Waals surface area contributed by atoms with Crippen molar-refractivity contribution in [2.45, 2.75) is 13.5 Å². The monoisotopic (exact) mass is 272 g/mol. The van der Waals surface area contributed by atoms with Gasteiger partial charge in [-0.1, -0.05) is 24.6 Å². The van der Waals surface area contributed by atoms with Gasteiger partial charge in [-0.25, -0.2) is 0 Å². The predicted octanol–water partition coefficient (Wildman–Crippen LogP) is 2.51. The third kappa shape index (κ3) is 4.15. The second-order valence-corrected chi connectivity index (χ2v) is 5.65. The van der Waals surface area contributed by atoms with Crippen molar-refractivity contribution in [1.29, 1.82) is 0 Å². The molecular formula is C12H17ClN2OS. The summed E-state index contributed by atoms with van der Waals surface area (Å²) >= 11 is 7.35. The van der Waals surface area contributed by atoms with Gasteiger partial charge in [-0.3, -0.25) is 4.79 Å². The summed E-state index contributed by atoms with van der Waals surface area (Å²) in [5.41, 5.74) is 5.51. The van der Waals surface area contributed by atoms with Crippen molar-refractivity contribution in [3.8, 4) is 0 Å². The molecule has 0 radical (unpaired) electrons. The number of carbonyl (C=O) groups is 1. The van der Waals surface area contributed by atoms with Gasteiger partial charge in [0.2, 0.25) is 5.91 Å². The Labute approximate surface area is 111 Å². The highest BCUT2D eigenvalue weighted by Gasteiger charge is 2.19. The van der Waals surface area contributed by atoms with E-state index in [1.165, 1.54) is 11.3 Å². The van der Waals surface area contributed by atoms with Crippen LogP contribution < -0.4 is 5.73 Å². The molecule has 5 heteroatoms. The molecule has 1 rings (SSSR count). The van der Waals surface area contributed by atoms with Gasteiger partial charge in [-0.15, -0.1) is 17.9 Å². The number of amides is 1. The topological polar surface area (TPSA) is 46.3 Å². The van der Waals surface area contributed by atoms with E-state index in [1.807, 2.05) is 19.1 Å². The molecule has 0 spiro atoms. The molecule has 3 nitrogen and oxygen atoms in total. The Morgan fingerprint density at radius 2 is 2.41 bits per heavy atom. The van der Waals surface area contributed by atoms with Crippen LogP contribution in [0.15, 0.2) is 24.8 Å². The SMILES string of the molecule is C=CCN(Cc1ccc(Cl)s1)C(=O)C(C)CN. The number of nitrogens with zero attached hydrogens (tertiary/aromatic N) is 1. The number of thiophene rings is 1. The van der Waals surface area contributed by atoms with Crippen molar-refractivity contribution >= 4 is 28.8 Å². The molecule has 1 heterocycles. The maximum Gasteiger partial charge on any atom is 0.227 e. The molecule has 1 unspecified atom stereocenters. The third-order valence-electron chi connectivity index (χ3n) is 2.41. The van der Waals surface area contributed by atoms with Crippen molar-refractivity contribution in [2.75, 3.05) is 13.1 Å². The number of carbonyl (C=O) groups excluding carboxylic acids is 1. The van der Waals surface area contributed by atoms with Crippen molar-refractivity contribution < 1.29 is 4.79 Å². The Morgan fingerprint density at radius 1 is 1.71 bits per heavy atom. The number of hydrogen-bond donors (Lipinski definition) is 1. The molecule has 1 atom stereocenters. The average molecular weight is 273 g/mol. The Balaban J connectivity index is 2.72. The zero-order valence-corrected chi connectivity index (χ0v) is 11.4. The normalized spacial score (nSPS) is 12.2. The highest BCUT2D eigenvalue weighted by atomic mass is 35.5. The molecule has 17 heavy (non-hydrogen) atoms. The highest BCUT2D eigenvalue weighted by Crippen LogP contribution is 2.23. The van der Waals surface area contributed by atoms with Gasteiger partial charge in [-0.2, -0.15) is 0 Å². The van der Waals surface area contributed by atoms with Crippen LogP contribution in [0.1, 0.15) is 11.8 Å². The molecule has 0 aliphatic rings. The van der Waals surface area contributed by atoms with E-state index in [4.69, 9.17) is 17.3 Å². The molecule has 0 aliphatic carbocycles. The summed E-state index contributed by atoms with van der Waals surface area (Å²) in [5.74, 6) is -0.109. The lowest BCUT2D eigenvalue weighted by molar-refractivity contribution is -0.134. The molecule has 0 aromatic carbocycles. The van der Waals surface area contributed by atoms with Gasteiger partial charge in [0, 0.05) is 23.9 Å². The minimum absolute atomic E-state index is 0.0527. The molecule has 0 fully saturated rings. The number of nitrogens with two attached hydrogens (primary N) is 1. The minimum atomic E-state index is -0.162. The van der Waals surface area contributed by atoms with Crippen LogP contribution in [0.2, 0.25) is 4.34 Å². The number of rotatable bonds is 6. The Hall–Kier alpha value is -0.840. The second kappa shape index (κ2) is 6.79. The Kier molecular flexibility index (Phi) is 5.68. The summed E-state index contributed by atoms with van der Waals surface area (Å²) in [6, 6.07) is 3.77. The highest BCUT2D eigenvalue weighted by molar-refractivity contribution is 7.16. The Bertz CT molecular complexity index is 392. The van der Waals surface area contributed by atoms with Crippen LogP contribution in [-0.4, -0.2) is 23.9 Å². The standard InChI is InChI=1S/C12H17ClN2OS/c1-3-6-15(12(16)9(2)7-14)8-10-4-5-11(13)17-10/h3-5,9H,1,6-8,14H2,2H3. The zero-order valence-electron chi connectivity index (χ0n) is 9.86. The van der Waals surface area contributed by atoms with Crippen LogP contribution >= 0.6 is 22.9 Å². The zero-order chi connectivity index (χ0) is 12.8. The third-order valence-corrected chi connectivity index (χ3v) is 3.63. The number of halogens is 1. The van der Waals surface area contributed by atoms with E-state index in [1.54, 1.807) is 11.0 Å². The average Bonchev–Trinajstić information content (AvgIpc) is 2.72. The van der Waals surface area contributed by atoms with Gasteiger partial charge in [0.1, 0.15) is 0 Å². The Morgan fingerprint density at radius 3 is 2.88 bits per heavy atom. The van der Waals surface area contributed by atoms with E-state index in [9.17, 15) is 4.79 Å². The van der Waals surface area contributed by atoms with E-state index in [0.717, 1.165) is 9.21 Å². The summed E-state index contributed by atoms with van der Waals surface area (Å²) < 4.78 is 0.734. The molecular weight excluding hydrogens is 256 g/mol.